The predicted molar refractivity (Wildman–Crippen MR) is 106 cm³/mol. The van der Waals surface area contributed by atoms with Crippen LogP contribution in [0.4, 0.5) is 0 Å². The maximum atomic E-state index is 5.32. The lowest BCUT2D eigenvalue weighted by atomic mass is 10.0. The van der Waals surface area contributed by atoms with Crippen molar-refractivity contribution in [1.82, 2.24) is 29.8 Å². The number of nitrogens with zero attached hydrogens (tertiary/aromatic N) is 6. The second-order valence-corrected chi connectivity index (χ2v) is 7.53. The van der Waals surface area contributed by atoms with E-state index in [1.54, 1.807) is 4.68 Å². The smallest absolute Gasteiger partial charge is 0.159 e. The van der Waals surface area contributed by atoms with Crippen molar-refractivity contribution in [1.29, 1.82) is 0 Å². The van der Waals surface area contributed by atoms with Crippen LogP contribution < -0.4 is 0 Å². The second-order valence-electron chi connectivity index (χ2n) is 7.53. The summed E-state index contributed by atoms with van der Waals surface area (Å²) in [5.74, 6) is 0.908. The van der Waals surface area contributed by atoms with Crippen molar-refractivity contribution in [3.63, 3.8) is 0 Å². The van der Waals surface area contributed by atoms with Crippen molar-refractivity contribution >= 4 is 11.0 Å². The van der Waals surface area contributed by atoms with E-state index in [1.807, 2.05) is 39.5 Å². The Kier molecular flexibility index (Phi) is 3.98. The zero-order chi connectivity index (χ0) is 19.3. The minimum absolute atomic E-state index is 0.811. The van der Waals surface area contributed by atoms with Crippen molar-refractivity contribution in [2.24, 2.45) is 7.05 Å². The lowest BCUT2D eigenvalue weighted by molar-refractivity contribution is 0.242. The monoisotopic (exact) mass is 374 g/mol. The van der Waals surface area contributed by atoms with Crippen LogP contribution in [-0.4, -0.2) is 36.3 Å². The lowest BCUT2D eigenvalue weighted by Crippen LogP contribution is -2.31. The van der Waals surface area contributed by atoms with E-state index < -0.39 is 0 Å². The van der Waals surface area contributed by atoms with Crippen molar-refractivity contribution < 1.29 is 4.52 Å². The van der Waals surface area contributed by atoms with Crippen LogP contribution in [0.25, 0.3) is 22.2 Å². The number of rotatable bonds is 3. The van der Waals surface area contributed by atoms with Gasteiger partial charge in [0, 0.05) is 73.3 Å². The molecular weight excluding hydrogens is 352 g/mol. The fourth-order valence-electron chi connectivity index (χ4n) is 3.90. The van der Waals surface area contributed by atoms with E-state index in [9.17, 15) is 0 Å². The van der Waals surface area contributed by atoms with Gasteiger partial charge < -0.3 is 4.52 Å². The third-order valence-corrected chi connectivity index (χ3v) is 5.50. The number of hydrogen-bond donors (Lipinski definition) is 0. The van der Waals surface area contributed by atoms with Crippen LogP contribution in [0, 0.1) is 13.8 Å². The van der Waals surface area contributed by atoms with Crippen LogP contribution >= 0.6 is 0 Å². The molecule has 0 aliphatic carbocycles. The molecule has 0 spiro atoms. The summed E-state index contributed by atoms with van der Waals surface area (Å²) in [4.78, 5) is 11.9. The fraction of sp³-hybridized carbons (Fsp3) is 0.333. The Balaban J connectivity index is 1.46. The van der Waals surface area contributed by atoms with Crippen LogP contribution in [0.3, 0.4) is 0 Å². The highest BCUT2D eigenvalue weighted by Gasteiger charge is 2.21. The number of hydrogen-bond acceptors (Lipinski definition) is 6. The zero-order valence-corrected chi connectivity index (χ0v) is 16.3. The Hall–Kier alpha value is -3.06. The fourth-order valence-corrected chi connectivity index (χ4v) is 3.90. The molecule has 7 nitrogen and oxygen atoms in total. The average Bonchev–Trinajstić information content (AvgIpc) is 3.26. The van der Waals surface area contributed by atoms with Gasteiger partial charge in [0.1, 0.15) is 5.76 Å². The first kappa shape index (κ1) is 17.1. The largest absolute Gasteiger partial charge is 0.361 e. The van der Waals surface area contributed by atoms with Crippen molar-refractivity contribution in [3.05, 3.63) is 59.0 Å². The number of fused-ring (bicyclic) bond motifs is 2. The highest BCUT2D eigenvalue weighted by Crippen LogP contribution is 2.27. The van der Waals surface area contributed by atoms with Gasteiger partial charge >= 0.3 is 0 Å². The molecule has 1 aliphatic heterocycles. The summed E-state index contributed by atoms with van der Waals surface area (Å²) in [6, 6.07) is 4.39. The van der Waals surface area contributed by atoms with Crippen LogP contribution in [0.15, 0.2) is 35.2 Å². The first-order chi connectivity index (χ1) is 13.6. The zero-order valence-electron chi connectivity index (χ0n) is 16.3. The molecule has 0 N–H and O–H groups in total. The van der Waals surface area contributed by atoms with Gasteiger partial charge in [-0.25, -0.2) is 9.97 Å². The normalized spacial score (nSPS) is 14.5. The van der Waals surface area contributed by atoms with Crippen LogP contribution in [0.1, 0.15) is 28.3 Å². The molecule has 1 aliphatic rings. The van der Waals surface area contributed by atoms with Gasteiger partial charge in [-0.1, -0.05) is 5.16 Å². The van der Waals surface area contributed by atoms with Gasteiger partial charge in [0.15, 0.2) is 5.65 Å². The minimum atomic E-state index is 0.811. The van der Waals surface area contributed by atoms with Crippen molar-refractivity contribution in [3.8, 4) is 11.1 Å². The Morgan fingerprint density at radius 1 is 1.14 bits per heavy atom. The molecule has 0 bridgehead atoms. The molecule has 5 rings (SSSR count). The summed E-state index contributed by atoms with van der Waals surface area (Å²) >= 11 is 0. The SMILES string of the molecule is Cc1noc(C)c1CN1CCc2nc3ncc(-c4cnn(C)c4)cc3cc2C1. The highest BCUT2D eigenvalue weighted by atomic mass is 16.5. The van der Waals surface area contributed by atoms with E-state index in [0.29, 0.717) is 0 Å². The molecule has 0 saturated heterocycles. The Bertz CT molecular complexity index is 1160. The minimum Gasteiger partial charge on any atom is -0.361 e. The molecule has 4 aromatic heterocycles. The van der Waals surface area contributed by atoms with Crippen molar-refractivity contribution in [2.45, 2.75) is 33.4 Å². The third-order valence-electron chi connectivity index (χ3n) is 5.50. The van der Waals surface area contributed by atoms with E-state index in [1.165, 1.54) is 11.1 Å². The first-order valence-electron chi connectivity index (χ1n) is 9.48. The quantitative estimate of drug-likeness (QED) is 0.548. The van der Waals surface area contributed by atoms with Gasteiger partial charge in [0.05, 0.1) is 11.9 Å². The standard InChI is InChI=1S/C21H22N6O/c1-13-19(14(2)28-25-13)12-27-5-4-20-17(11-27)7-15-6-16(8-22-21(15)24-20)18-9-23-26(3)10-18/h6-10H,4-5,11-12H2,1-3H3. The molecule has 0 saturated carbocycles. The summed E-state index contributed by atoms with van der Waals surface area (Å²) in [6.07, 6.45) is 6.67. The maximum absolute atomic E-state index is 5.32. The van der Waals surface area contributed by atoms with Crippen LogP contribution in [0.5, 0.6) is 0 Å². The highest BCUT2D eigenvalue weighted by molar-refractivity contribution is 5.81. The number of aryl methyl sites for hydroxylation is 3. The van der Waals surface area contributed by atoms with E-state index >= 15 is 0 Å². The van der Waals surface area contributed by atoms with Gasteiger partial charge in [0.2, 0.25) is 0 Å². The molecule has 5 heterocycles. The molecule has 142 valence electrons. The Morgan fingerprint density at radius 3 is 2.79 bits per heavy atom. The van der Waals surface area contributed by atoms with Crippen LogP contribution in [-0.2, 0) is 26.6 Å². The second kappa shape index (κ2) is 6.53. The molecule has 0 amide bonds. The van der Waals surface area contributed by atoms with E-state index in [4.69, 9.17) is 9.51 Å². The Morgan fingerprint density at radius 2 is 2.04 bits per heavy atom. The molecule has 7 heteroatoms. The van der Waals surface area contributed by atoms with Gasteiger partial charge in [-0.2, -0.15) is 5.10 Å². The third kappa shape index (κ3) is 2.97. The lowest BCUT2D eigenvalue weighted by Gasteiger charge is -2.28. The van der Waals surface area contributed by atoms with E-state index in [0.717, 1.165) is 65.4 Å². The molecule has 4 aromatic rings. The summed E-state index contributed by atoms with van der Waals surface area (Å²) in [7, 11) is 1.92. The van der Waals surface area contributed by atoms with Gasteiger partial charge in [-0.15, -0.1) is 0 Å². The average molecular weight is 374 g/mol. The molecular formula is C21H22N6O. The summed E-state index contributed by atoms with van der Waals surface area (Å²) in [6.45, 7) is 6.69. The summed E-state index contributed by atoms with van der Waals surface area (Å²) in [5.41, 5.74) is 7.54. The van der Waals surface area contributed by atoms with Gasteiger partial charge in [-0.3, -0.25) is 9.58 Å². The van der Waals surface area contributed by atoms with Crippen molar-refractivity contribution in [2.75, 3.05) is 6.54 Å². The van der Waals surface area contributed by atoms with Crippen LogP contribution in [0.2, 0.25) is 0 Å². The van der Waals surface area contributed by atoms with Gasteiger partial charge in [0.25, 0.3) is 0 Å². The molecule has 0 atom stereocenters. The summed E-state index contributed by atoms with van der Waals surface area (Å²) in [5, 5.41) is 9.40. The molecule has 0 radical (unpaired) electrons. The Labute approximate surface area is 163 Å². The van der Waals surface area contributed by atoms with E-state index in [-0.39, 0.29) is 0 Å². The molecule has 0 fully saturated rings. The molecule has 0 unspecified atom stereocenters. The molecule has 28 heavy (non-hydrogen) atoms. The number of pyridine rings is 2. The predicted octanol–water partition coefficient (Wildman–Crippen LogP) is 3.19. The maximum Gasteiger partial charge on any atom is 0.159 e. The van der Waals surface area contributed by atoms with Gasteiger partial charge in [-0.05, 0) is 31.5 Å². The first-order valence-corrected chi connectivity index (χ1v) is 9.48. The molecule has 0 aromatic carbocycles. The van der Waals surface area contributed by atoms with E-state index in [2.05, 4.69) is 32.3 Å². The topological polar surface area (TPSA) is 72.9 Å². The number of aromatic nitrogens is 5. The summed E-state index contributed by atoms with van der Waals surface area (Å²) < 4.78 is 7.12.